The van der Waals surface area contributed by atoms with Gasteiger partial charge < -0.3 is 19.5 Å². The van der Waals surface area contributed by atoms with Crippen molar-refractivity contribution in [1.82, 2.24) is 5.32 Å². The molecule has 0 bridgehead atoms. The zero-order chi connectivity index (χ0) is 19.5. The second-order valence-corrected chi connectivity index (χ2v) is 5.60. The lowest BCUT2D eigenvalue weighted by Crippen LogP contribution is -2.27. The van der Waals surface area contributed by atoms with Gasteiger partial charge in [-0.3, -0.25) is 4.79 Å². The van der Waals surface area contributed by atoms with Crippen LogP contribution in [-0.2, 0) is 16.1 Å². The summed E-state index contributed by atoms with van der Waals surface area (Å²) in [6.45, 7) is 1.10. The summed E-state index contributed by atoms with van der Waals surface area (Å²) in [6.07, 6.45) is 1.51. The normalized spacial score (nSPS) is 10.8. The van der Waals surface area contributed by atoms with Crippen LogP contribution in [0.25, 0.3) is 6.08 Å². The van der Waals surface area contributed by atoms with E-state index in [1.54, 1.807) is 32.4 Å². The molecule has 0 saturated heterocycles. The molecule has 2 rings (SSSR count). The van der Waals surface area contributed by atoms with Gasteiger partial charge in [0.05, 0.1) is 13.7 Å². The van der Waals surface area contributed by atoms with Crippen LogP contribution < -0.4 is 14.8 Å². The summed E-state index contributed by atoms with van der Waals surface area (Å²) in [7, 11) is 3.10. The van der Waals surface area contributed by atoms with Crippen molar-refractivity contribution in [3.8, 4) is 17.6 Å². The number of nitriles is 1. The summed E-state index contributed by atoms with van der Waals surface area (Å²) in [5, 5.41) is 11.9. The molecule has 0 atom stereocenters. The van der Waals surface area contributed by atoms with Crippen LogP contribution in [0.4, 0.5) is 0 Å². The Morgan fingerprint density at radius 3 is 2.59 bits per heavy atom. The molecular formula is C21H22N2O4. The van der Waals surface area contributed by atoms with Crippen molar-refractivity contribution in [2.45, 2.75) is 6.61 Å². The minimum Gasteiger partial charge on any atom is -0.493 e. The predicted molar refractivity (Wildman–Crippen MR) is 102 cm³/mol. The third-order valence-corrected chi connectivity index (χ3v) is 3.69. The molecule has 0 radical (unpaired) electrons. The largest absolute Gasteiger partial charge is 0.493 e. The van der Waals surface area contributed by atoms with Crippen LogP contribution >= 0.6 is 0 Å². The van der Waals surface area contributed by atoms with Crippen molar-refractivity contribution < 1.29 is 19.0 Å². The van der Waals surface area contributed by atoms with Crippen LogP contribution in [0.1, 0.15) is 11.1 Å². The summed E-state index contributed by atoms with van der Waals surface area (Å²) in [6, 6.07) is 16.9. The van der Waals surface area contributed by atoms with Gasteiger partial charge in [0.1, 0.15) is 18.2 Å². The molecular weight excluding hydrogens is 344 g/mol. The van der Waals surface area contributed by atoms with E-state index in [-0.39, 0.29) is 5.57 Å². The zero-order valence-corrected chi connectivity index (χ0v) is 15.4. The molecule has 6 heteroatoms. The van der Waals surface area contributed by atoms with E-state index in [9.17, 15) is 10.1 Å². The van der Waals surface area contributed by atoms with Crippen LogP contribution in [0.2, 0.25) is 0 Å². The Balaban J connectivity index is 2.16. The Morgan fingerprint density at radius 2 is 1.93 bits per heavy atom. The van der Waals surface area contributed by atoms with Crippen molar-refractivity contribution in [3.05, 3.63) is 65.2 Å². The standard InChI is InChI=1S/C21H22N2O4/c1-25-11-10-23-21(24)18(14-22)12-17-8-9-19(26-2)20(13-17)27-15-16-6-4-3-5-7-16/h3-9,12-13H,10-11,15H2,1-2H3,(H,23,24)/b18-12+. The number of amides is 1. The quantitative estimate of drug-likeness (QED) is 0.419. The average Bonchev–Trinajstić information content (AvgIpc) is 2.71. The third kappa shape index (κ3) is 6.17. The smallest absolute Gasteiger partial charge is 0.262 e. The van der Waals surface area contributed by atoms with Crippen LogP contribution in [0.15, 0.2) is 54.1 Å². The van der Waals surface area contributed by atoms with Crippen molar-refractivity contribution in [1.29, 1.82) is 5.26 Å². The molecule has 0 unspecified atom stereocenters. The van der Waals surface area contributed by atoms with Gasteiger partial charge in [0.15, 0.2) is 11.5 Å². The summed E-state index contributed by atoms with van der Waals surface area (Å²) in [5.74, 6) is 0.662. The molecule has 1 N–H and O–H groups in total. The van der Waals surface area contributed by atoms with Gasteiger partial charge in [0, 0.05) is 13.7 Å². The Morgan fingerprint density at radius 1 is 1.15 bits per heavy atom. The first-order valence-electron chi connectivity index (χ1n) is 8.41. The summed E-state index contributed by atoms with van der Waals surface area (Å²) >= 11 is 0. The molecule has 0 aliphatic rings. The Hall–Kier alpha value is -3.30. The van der Waals surface area contributed by atoms with E-state index in [2.05, 4.69) is 5.32 Å². The first kappa shape index (κ1) is 20.0. The first-order chi connectivity index (χ1) is 13.2. The number of rotatable bonds is 9. The van der Waals surface area contributed by atoms with Crippen molar-refractivity contribution in [2.24, 2.45) is 0 Å². The molecule has 2 aromatic rings. The molecule has 0 heterocycles. The second-order valence-electron chi connectivity index (χ2n) is 5.60. The molecule has 6 nitrogen and oxygen atoms in total. The molecule has 0 fully saturated rings. The molecule has 0 aliphatic carbocycles. The molecule has 0 saturated carbocycles. The maximum atomic E-state index is 12.1. The lowest BCUT2D eigenvalue weighted by Gasteiger charge is -2.12. The molecule has 0 aromatic heterocycles. The number of carbonyl (C=O) groups is 1. The number of hydrogen-bond donors (Lipinski definition) is 1. The van der Waals surface area contributed by atoms with Crippen molar-refractivity contribution >= 4 is 12.0 Å². The molecule has 140 valence electrons. The van der Waals surface area contributed by atoms with E-state index in [1.807, 2.05) is 36.4 Å². The highest BCUT2D eigenvalue weighted by Crippen LogP contribution is 2.29. The van der Waals surface area contributed by atoms with Crippen LogP contribution in [0.3, 0.4) is 0 Å². The Bertz CT molecular complexity index is 826. The van der Waals surface area contributed by atoms with Gasteiger partial charge in [-0.2, -0.15) is 5.26 Å². The molecule has 27 heavy (non-hydrogen) atoms. The number of methoxy groups -OCH3 is 2. The van der Waals surface area contributed by atoms with E-state index < -0.39 is 5.91 Å². The van der Waals surface area contributed by atoms with E-state index >= 15 is 0 Å². The lowest BCUT2D eigenvalue weighted by molar-refractivity contribution is -0.117. The summed E-state index contributed by atoms with van der Waals surface area (Å²) < 4.78 is 16.1. The fourth-order valence-electron chi connectivity index (χ4n) is 2.31. The first-order valence-corrected chi connectivity index (χ1v) is 8.41. The lowest BCUT2D eigenvalue weighted by atomic mass is 10.1. The van der Waals surface area contributed by atoms with Crippen molar-refractivity contribution in [2.75, 3.05) is 27.4 Å². The van der Waals surface area contributed by atoms with Gasteiger partial charge in [-0.05, 0) is 29.3 Å². The third-order valence-electron chi connectivity index (χ3n) is 3.69. The van der Waals surface area contributed by atoms with Gasteiger partial charge >= 0.3 is 0 Å². The Kier molecular flexibility index (Phi) is 7.89. The summed E-state index contributed by atoms with van der Waals surface area (Å²) in [5.41, 5.74) is 1.69. The maximum absolute atomic E-state index is 12.1. The van der Waals surface area contributed by atoms with Gasteiger partial charge in [0.2, 0.25) is 0 Å². The van der Waals surface area contributed by atoms with Crippen LogP contribution in [-0.4, -0.2) is 33.3 Å². The number of nitrogens with zero attached hydrogens (tertiary/aromatic N) is 1. The number of hydrogen-bond acceptors (Lipinski definition) is 5. The molecule has 0 spiro atoms. The highest BCUT2D eigenvalue weighted by Gasteiger charge is 2.10. The van der Waals surface area contributed by atoms with Crippen LogP contribution in [0.5, 0.6) is 11.5 Å². The molecule has 2 aromatic carbocycles. The van der Waals surface area contributed by atoms with E-state index in [1.165, 1.54) is 6.08 Å². The van der Waals surface area contributed by atoms with Crippen LogP contribution in [0, 0.1) is 11.3 Å². The number of benzene rings is 2. The fourth-order valence-corrected chi connectivity index (χ4v) is 2.31. The second kappa shape index (κ2) is 10.6. The van der Waals surface area contributed by atoms with Crippen molar-refractivity contribution in [3.63, 3.8) is 0 Å². The zero-order valence-electron chi connectivity index (χ0n) is 15.4. The number of nitrogens with one attached hydrogen (secondary N) is 1. The fraction of sp³-hybridized carbons (Fsp3) is 0.238. The Labute approximate surface area is 159 Å². The minimum atomic E-state index is -0.447. The van der Waals surface area contributed by atoms with Gasteiger partial charge in [-0.15, -0.1) is 0 Å². The van der Waals surface area contributed by atoms with E-state index in [0.29, 0.717) is 36.8 Å². The molecule has 1 amide bonds. The summed E-state index contributed by atoms with van der Waals surface area (Å²) in [4.78, 5) is 12.1. The SMILES string of the molecule is COCCNC(=O)/C(C#N)=C/c1ccc(OC)c(OCc2ccccc2)c1. The van der Waals surface area contributed by atoms with Gasteiger partial charge in [-0.25, -0.2) is 0 Å². The number of ether oxygens (including phenoxy) is 3. The topological polar surface area (TPSA) is 80.6 Å². The van der Waals surface area contributed by atoms with Gasteiger partial charge in [0.25, 0.3) is 5.91 Å². The number of carbonyl (C=O) groups excluding carboxylic acids is 1. The van der Waals surface area contributed by atoms with E-state index in [4.69, 9.17) is 14.2 Å². The predicted octanol–water partition coefficient (Wildman–Crippen LogP) is 2.94. The van der Waals surface area contributed by atoms with Gasteiger partial charge in [-0.1, -0.05) is 36.4 Å². The monoisotopic (exact) mass is 366 g/mol. The maximum Gasteiger partial charge on any atom is 0.262 e. The molecule has 0 aliphatic heterocycles. The highest BCUT2D eigenvalue weighted by molar-refractivity contribution is 6.01. The minimum absolute atomic E-state index is 0.00489. The average molecular weight is 366 g/mol. The highest BCUT2D eigenvalue weighted by atomic mass is 16.5. The van der Waals surface area contributed by atoms with E-state index in [0.717, 1.165) is 5.56 Å².